The van der Waals surface area contributed by atoms with Crippen molar-refractivity contribution < 1.29 is 4.79 Å². The fourth-order valence-corrected chi connectivity index (χ4v) is 3.36. The molecule has 2 amide bonds. The Kier molecular flexibility index (Phi) is 5.71. The molecular formula is C21H27N3O. The minimum absolute atomic E-state index is 0.0207. The van der Waals surface area contributed by atoms with Crippen LogP contribution in [0.2, 0.25) is 0 Å². The maximum absolute atomic E-state index is 12.9. The Labute approximate surface area is 150 Å². The van der Waals surface area contributed by atoms with Gasteiger partial charge < -0.3 is 15.1 Å². The maximum atomic E-state index is 12.9. The van der Waals surface area contributed by atoms with Crippen molar-refractivity contribution in [3.63, 3.8) is 0 Å². The Balaban J connectivity index is 1.83. The second-order valence-electron chi connectivity index (χ2n) is 6.79. The van der Waals surface area contributed by atoms with Crippen LogP contribution >= 0.6 is 0 Å². The third-order valence-electron chi connectivity index (χ3n) is 4.91. The van der Waals surface area contributed by atoms with Gasteiger partial charge in [0.15, 0.2) is 0 Å². The lowest BCUT2D eigenvalue weighted by Gasteiger charge is -2.27. The van der Waals surface area contributed by atoms with Gasteiger partial charge in [0.2, 0.25) is 0 Å². The molecule has 4 heteroatoms. The highest BCUT2D eigenvalue weighted by atomic mass is 16.2. The minimum atomic E-state index is -0.129. The van der Waals surface area contributed by atoms with Crippen molar-refractivity contribution in [2.45, 2.75) is 19.4 Å². The van der Waals surface area contributed by atoms with Crippen LogP contribution in [0.25, 0.3) is 0 Å². The highest BCUT2D eigenvalue weighted by molar-refractivity contribution is 5.75. The van der Waals surface area contributed by atoms with Crippen LogP contribution in [0.3, 0.4) is 0 Å². The average molecular weight is 337 g/mol. The second-order valence-corrected chi connectivity index (χ2v) is 6.79. The maximum Gasteiger partial charge on any atom is 0.318 e. The Morgan fingerprint density at radius 3 is 2.44 bits per heavy atom. The highest BCUT2D eigenvalue weighted by Gasteiger charge is 2.23. The summed E-state index contributed by atoms with van der Waals surface area (Å²) in [5.74, 6) is 0. The van der Waals surface area contributed by atoms with Crippen LogP contribution in [0.4, 0.5) is 4.79 Å². The number of hydrogen-bond donors (Lipinski definition) is 1. The van der Waals surface area contributed by atoms with Gasteiger partial charge in [-0.1, -0.05) is 54.6 Å². The lowest BCUT2D eigenvalue weighted by Crippen LogP contribution is -2.43. The average Bonchev–Trinajstić information content (AvgIpc) is 2.86. The van der Waals surface area contributed by atoms with Crippen LogP contribution in [0.5, 0.6) is 0 Å². The van der Waals surface area contributed by atoms with E-state index in [1.807, 2.05) is 35.2 Å². The van der Waals surface area contributed by atoms with Crippen molar-refractivity contribution in [3.05, 3.63) is 71.3 Å². The summed E-state index contributed by atoms with van der Waals surface area (Å²) in [4.78, 5) is 17.1. The van der Waals surface area contributed by atoms with Gasteiger partial charge in [-0.05, 0) is 43.6 Å². The molecule has 4 nitrogen and oxygen atoms in total. The normalized spacial score (nSPS) is 17.0. The van der Waals surface area contributed by atoms with Crippen LogP contribution in [0.15, 0.2) is 54.6 Å². The van der Waals surface area contributed by atoms with Gasteiger partial charge in [-0.15, -0.1) is 0 Å². The zero-order valence-corrected chi connectivity index (χ0v) is 15.1. The third kappa shape index (κ3) is 4.40. The fraction of sp³-hybridized carbons (Fsp3) is 0.381. The zero-order chi connectivity index (χ0) is 17.6. The largest absolute Gasteiger partial charge is 0.327 e. The van der Waals surface area contributed by atoms with Crippen molar-refractivity contribution >= 4 is 6.03 Å². The topological polar surface area (TPSA) is 35.6 Å². The standard InChI is InChI=1S/C21H27N3O/c1-17-9-6-7-12-19(17)20(18-10-4-3-5-11-18)22-21(25)24-14-8-13-23(2)15-16-24/h3-7,9-12,20H,8,13-16H2,1-2H3,(H,22,25)/t20-/m1/s1. The molecule has 2 aromatic rings. The Hall–Kier alpha value is -2.33. The van der Waals surface area contributed by atoms with Crippen molar-refractivity contribution in [3.8, 4) is 0 Å². The van der Waals surface area contributed by atoms with Crippen LogP contribution in [0, 0.1) is 6.92 Å². The number of carbonyl (C=O) groups is 1. The van der Waals surface area contributed by atoms with Crippen molar-refractivity contribution in [1.29, 1.82) is 0 Å². The van der Waals surface area contributed by atoms with Crippen LogP contribution < -0.4 is 5.32 Å². The lowest BCUT2D eigenvalue weighted by atomic mass is 9.95. The molecule has 3 rings (SSSR count). The second kappa shape index (κ2) is 8.17. The SMILES string of the molecule is Cc1ccccc1[C@H](NC(=O)N1CCCN(C)CC1)c1ccccc1. The molecule has 0 saturated carbocycles. The van der Waals surface area contributed by atoms with Gasteiger partial charge in [0.1, 0.15) is 0 Å². The molecule has 0 spiro atoms. The first-order chi connectivity index (χ1) is 12.1. The van der Waals surface area contributed by atoms with Crippen LogP contribution in [0.1, 0.15) is 29.2 Å². The highest BCUT2D eigenvalue weighted by Crippen LogP contribution is 2.25. The minimum Gasteiger partial charge on any atom is -0.327 e. The summed E-state index contributed by atoms with van der Waals surface area (Å²) >= 11 is 0. The third-order valence-corrected chi connectivity index (χ3v) is 4.91. The number of nitrogens with one attached hydrogen (secondary N) is 1. The molecule has 0 bridgehead atoms. The monoisotopic (exact) mass is 337 g/mol. The molecule has 1 fully saturated rings. The quantitative estimate of drug-likeness (QED) is 0.931. The number of amides is 2. The molecule has 1 heterocycles. The molecule has 0 unspecified atom stereocenters. The Morgan fingerprint density at radius 1 is 0.960 bits per heavy atom. The van der Waals surface area contributed by atoms with Crippen molar-refractivity contribution in [2.24, 2.45) is 0 Å². The summed E-state index contributed by atoms with van der Waals surface area (Å²) in [6.45, 7) is 5.65. The summed E-state index contributed by atoms with van der Waals surface area (Å²) in [6, 6.07) is 18.4. The summed E-state index contributed by atoms with van der Waals surface area (Å²) in [5.41, 5.74) is 3.44. The fourth-order valence-electron chi connectivity index (χ4n) is 3.36. The van der Waals surface area contributed by atoms with E-state index in [0.717, 1.165) is 43.7 Å². The molecule has 1 N–H and O–H groups in total. The van der Waals surface area contributed by atoms with E-state index in [1.165, 1.54) is 5.56 Å². The number of rotatable bonds is 3. The first-order valence-corrected chi connectivity index (χ1v) is 8.99. The molecule has 1 aliphatic rings. The summed E-state index contributed by atoms with van der Waals surface area (Å²) in [6.07, 6.45) is 1.02. The summed E-state index contributed by atoms with van der Waals surface area (Å²) in [7, 11) is 2.11. The van der Waals surface area contributed by atoms with Crippen LogP contribution in [-0.4, -0.2) is 49.1 Å². The van der Waals surface area contributed by atoms with E-state index in [-0.39, 0.29) is 12.1 Å². The number of benzene rings is 2. The molecule has 0 radical (unpaired) electrons. The summed E-state index contributed by atoms with van der Waals surface area (Å²) < 4.78 is 0. The smallest absolute Gasteiger partial charge is 0.318 e. The number of carbonyl (C=O) groups excluding carboxylic acids is 1. The molecular weight excluding hydrogens is 310 g/mol. The van der Waals surface area contributed by atoms with E-state index >= 15 is 0 Å². The Bertz CT molecular complexity index is 701. The van der Waals surface area contributed by atoms with Crippen molar-refractivity contribution in [2.75, 3.05) is 33.2 Å². The molecule has 1 saturated heterocycles. The molecule has 2 aromatic carbocycles. The van der Waals surface area contributed by atoms with E-state index in [9.17, 15) is 4.79 Å². The van der Waals surface area contributed by atoms with E-state index in [2.05, 4.69) is 48.5 Å². The van der Waals surface area contributed by atoms with E-state index in [0.29, 0.717) is 0 Å². The zero-order valence-electron chi connectivity index (χ0n) is 15.1. The first kappa shape index (κ1) is 17.5. The first-order valence-electron chi connectivity index (χ1n) is 8.99. The molecule has 1 atom stereocenters. The van der Waals surface area contributed by atoms with Gasteiger partial charge in [-0.3, -0.25) is 0 Å². The molecule has 25 heavy (non-hydrogen) atoms. The molecule has 1 aliphatic heterocycles. The summed E-state index contributed by atoms with van der Waals surface area (Å²) in [5, 5.41) is 3.27. The predicted octanol–water partition coefficient (Wildman–Crippen LogP) is 3.43. The van der Waals surface area contributed by atoms with Gasteiger partial charge in [-0.2, -0.15) is 0 Å². The molecule has 0 aliphatic carbocycles. The van der Waals surface area contributed by atoms with Gasteiger partial charge >= 0.3 is 6.03 Å². The number of aryl methyl sites for hydroxylation is 1. The van der Waals surface area contributed by atoms with Crippen molar-refractivity contribution in [1.82, 2.24) is 15.1 Å². The van der Waals surface area contributed by atoms with Gasteiger partial charge in [0.25, 0.3) is 0 Å². The van der Waals surface area contributed by atoms with Gasteiger partial charge in [0, 0.05) is 19.6 Å². The van der Waals surface area contributed by atoms with E-state index in [4.69, 9.17) is 0 Å². The lowest BCUT2D eigenvalue weighted by molar-refractivity contribution is 0.197. The molecule has 132 valence electrons. The number of hydrogen-bond acceptors (Lipinski definition) is 2. The van der Waals surface area contributed by atoms with E-state index < -0.39 is 0 Å². The number of likely N-dealkylation sites (N-methyl/N-ethyl adjacent to an activating group) is 1. The molecule has 0 aromatic heterocycles. The number of nitrogens with zero attached hydrogens (tertiary/aromatic N) is 2. The van der Waals surface area contributed by atoms with Crippen LogP contribution in [-0.2, 0) is 0 Å². The van der Waals surface area contributed by atoms with Gasteiger partial charge in [-0.25, -0.2) is 4.79 Å². The number of urea groups is 1. The Morgan fingerprint density at radius 2 is 1.68 bits per heavy atom. The van der Waals surface area contributed by atoms with E-state index in [1.54, 1.807) is 0 Å². The van der Waals surface area contributed by atoms with Gasteiger partial charge in [0.05, 0.1) is 6.04 Å². The predicted molar refractivity (Wildman–Crippen MR) is 102 cm³/mol.